The largest absolute Gasteiger partial charge is 0.272 e. The second kappa shape index (κ2) is 4.62. The maximum Gasteiger partial charge on any atom is 0.0820 e. The number of hydrogen-bond acceptors (Lipinski definition) is 2. The molecule has 0 fully saturated rings. The molecule has 16 heavy (non-hydrogen) atoms. The Morgan fingerprint density at radius 3 is 2.75 bits per heavy atom. The summed E-state index contributed by atoms with van der Waals surface area (Å²) in [6.07, 6.45) is 3.60. The molecule has 1 nitrogen and oxygen atoms in total. The fraction of sp³-hybridized carbons (Fsp3) is 0.500. The van der Waals surface area contributed by atoms with Gasteiger partial charge in [0.1, 0.15) is 0 Å². The summed E-state index contributed by atoms with van der Waals surface area (Å²) in [5.41, 5.74) is 1.31. The number of aliphatic imine (C=N–C) groups is 1. The maximum absolute atomic E-state index is 4.87. The topological polar surface area (TPSA) is 12.4 Å². The third-order valence-corrected chi connectivity index (χ3v) is 4.03. The molecule has 2 heteroatoms. The molecule has 0 amide bonds. The highest BCUT2D eigenvalue weighted by molar-refractivity contribution is 8.14. The van der Waals surface area contributed by atoms with E-state index < -0.39 is 0 Å². The average molecular weight is 233 g/mol. The second-order valence-electron chi connectivity index (χ2n) is 4.77. The maximum atomic E-state index is 4.87. The van der Waals surface area contributed by atoms with Crippen LogP contribution in [0.4, 0.5) is 0 Å². The molecule has 0 bridgehead atoms. The van der Waals surface area contributed by atoms with Gasteiger partial charge in [-0.05, 0) is 38.3 Å². The summed E-state index contributed by atoms with van der Waals surface area (Å²) in [5, 5.41) is 1.30. The molecule has 0 spiro atoms. The SMILES string of the molecule is CCCCC1=NC(C)(C)c2ccccc2S1. The number of nitrogens with zero attached hydrogens (tertiary/aromatic N) is 1. The van der Waals surface area contributed by atoms with Crippen LogP contribution in [-0.4, -0.2) is 5.04 Å². The zero-order valence-electron chi connectivity index (χ0n) is 10.3. The van der Waals surface area contributed by atoms with Gasteiger partial charge in [-0.25, -0.2) is 0 Å². The molecular formula is C14H19NS. The van der Waals surface area contributed by atoms with E-state index in [1.165, 1.54) is 28.3 Å². The predicted molar refractivity (Wildman–Crippen MR) is 72.3 cm³/mol. The Hall–Kier alpha value is -0.760. The van der Waals surface area contributed by atoms with Crippen LogP contribution in [0.15, 0.2) is 34.2 Å². The van der Waals surface area contributed by atoms with Crippen molar-refractivity contribution in [3.63, 3.8) is 0 Å². The number of rotatable bonds is 3. The molecule has 1 aromatic carbocycles. The quantitative estimate of drug-likeness (QED) is 0.742. The van der Waals surface area contributed by atoms with Crippen molar-refractivity contribution in [2.75, 3.05) is 0 Å². The molecule has 0 saturated carbocycles. The van der Waals surface area contributed by atoms with Gasteiger partial charge in [0.2, 0.25) is 0 Å². The van der Waals surface area contributed by atoms with Gasteiger partial charge in [-0.1, -0.05) is 43.3 Å². The van der Waals surface area contributed by atoms with Crippen LogP contribution in [0.25, 0.3) is 0 Å². The predicted octanol–water partition coefficient (Wildman–Crippen LogP) is 4.62. The van der Waals surface area contributed by atoms with E-state index >= 15 is 0 Å². The molecule has 1 heterocycles. The van der Waals surface area contributed by atoms with E-state index in [2.05, 4.69) is 45.0 Å². The standard InChI is InChI=1S/C14H19NS/c1-4-5-10-13-15-14(2,3)11-8-6-7-9-12(11)16-13/h6-9H,4-5,10H2,1-3H3. The Morgan fingerprint density at radius 2 is 2.00 bits per heavy atom. The molecule has 1 aromatic rings. The fourth-order valence-electron chi connectivity index (χ4n) is 2.02. The highest BCUT2D eigenvalue weighted by Crippen LogP contribution is 2.40. The highest BCUT2D eigenvalue weighted by atomic mass is 32.2. The molecule has 0 aromatic heterocycles. The number of unbranched alkanes of at least 4 members (excludes halogenated alkanes) is 1. The monoisotopic (exact) mass is 233 g/mol. The Labute approximate surface area is 102 Å². The Morgan fingerprint density at radius 1 is 1.25 bits per heavy atom. The van der Waals surface area contributed by atoms with Crippen LogP contribution in [0.1, 0.15) is 45.6 Å². The summed E-state index contributed by atoms with van der Waals surface area (Å²) in [5.74, 6) is 0. The molecule has 0 aliphatic carbocycles. The molecule has 0 radical (unpaired) electrons. The van der Waals surface area contributed by atoms with Crippen LogP contribution >= 0.6 is 11.8 Å². The summed E-state index contributed by atoms with van der Waals surface area (Å²) in [7, 11) is 0. The average Bonchev–Trinajstić information content (AvgIpc) is 2.25. The van der Waals surface area contributed by atoms with Gasteiger partial charge in [0.15, 0.2) is 0 Å². The van der Waals surface area contributed by atoms with Crippen molar-refractivity contribution in [2.45, 2.75) is 50.5 Å². The first-order chi connectivity index (χ1) is 7.63. The van der Waals surface area contributed by atoms with Crippen LogP contribution in [0.3, 0.4) is 0 Å². The number of fused-ring (bicyclic) bond motifs is 1. The van der Waals surface area contributed by atoms with E-state index in [0.29, 0.717) is 0 Å². The molecule has 0 atom stereocenters. The van der Waals surface area contributed by atoms with Crippen molar-refractivity contribution in [2.24, 2.45) is 4.99 Å². The van der Waals surface area contributed by atoms with Crippen molar-refractivity contribution in [1.29, 1.82) is 0 Å². The van der Waals surface area contributed by atoms with Crippen molar-refractivity contribution in [1.82, 2.24) is 0 Å². The first kappa shape index (κ1) is 11.7. The summed E-state index contributed by atoms with van der Waals surface area (Å²) in [6.45, 7) is 6.64. The summed E-state index contributed by atoms with van der Waals surface area (Å²) >= 11 is 1.85. The van der Waals surface area contributed by atoms with Gasteiger partial charge in [-0.15, -0.1) is 0 Å². The van der Waals surface area contributed by atoms with E-state index in [0.717, 1.165) is 6.42 Å². The summed E-state index contributed by atoms with van der Waals surface area (Å²) < 4.78 is 0. The van der Waals surface area contributed by atoms with E-state index in [-0.39, 0.29) is 5.54 Å². The normalized spacial score (nSPS) is 17.8. The van der Waals surface area contributed by atoms with Crippen LogP contribution in [-0.2, 0) is 5.54 Å². The third-order valence-electron chi connectivity index (χ3n) is 2.92. The highest BCUT2D eigenvalue weighted by Gasteiger charge is 2.27. The number of thioether (sulfide) groups is 1. The first-order valence-electron chi connectivity index (χ1n) is 5.99. The van der Waals surface area contributed by atoms with Crippen molar-refractivity contribution in [3.8, 4) is 0 Å². The number of benzene rings is 1. The van der Waals surface area contributed by atoms with E-state index in [1.54, 1.807) is 0 Å². The van der Waals surface area contributed by atoms with Crippen LogP contribution in [0.2, 0.25) is 0 Å². The summed E-state index contributed by atoms with van der Waals surface area (Å²) in [4.78, 5) is 6.26. The van der Waals surface area contributed by atoms with E-state index in [1.807, 2.05) is 11.8 Å². The fourth-order valence-corrected chi connectivity index (χ4v) is 3.37. The third kappa shape index (κ3) is 2.32. The zero-order chi connectivity index (χ0) is 11.6. The lowest BCUT2D eigenvalue weighted by Gasteiger charge is -2.29. The molecule has 0 N–H and O–H groups in total. The van der Waals surface area contributed by atoms with Crippen molar-refractivity contribution in [3.05, 3.63) is 29.8 Å². The minimum Gasteiger partial charge on any atom is -0.272 e. The van der Waals surface area contributed by atoms with Gasteiger partial charge in [-0.2, -0.15) is 0 Å². The first-order valence-corrected chi connectivity index (χ1v) is 6.81. The van der Waals surface area contributed by atoms with Gasteiger partial charge in [0, 0.05) is 4.90 Å². The van der Waals surface area contributed by atoms with E-state index in [4.69, 9.17) is 4.99 Å². The van der Waals surface area contributed by atoms with Gasteiger partial charge in [0.05, 0.1) is 10.6 Å². The molecular weight excluding hydrogens is 214 g/mol. The smallest absolute Gasteiger partial charge is 0.0820 e. The van der Waals surface area contributed by atoms with Crippen molar-refractivity contribution >= 4 is 16.8 Å². The lowest BCUT2D eigenvalue weighted by molar-refractivity contribution is 0.543. The molecule has 86 valence electrons. The van der Waals surface area contributed by atoms with Gasteiger partial charge in [0.25, 0.3) is 0 Å². The van der Waals surface area contributed by atoms with Crippen LogP contribution < -0.4 is 0 Å². The minimum absolute atomic E-state index is 0.0507. The molecule has 2 rings (SSSR count). The minimum atomic E-state index is -0.0507. The van der Waals surface area contributed by atoms with Crippen LogP contribution in [0.5, 0.6) is 0 Å². The van der Waals surface area contributed by atoms with Gasteiger partial charge in [-0.3, -0.25) is 4.99 Å². The number of hydrogen-bond donors (Lipinski definition) is 0. The van der Waals surface area contributed by atoms with Gasteiger partial charge >= 0.3 is 0 Å². The Balaban J connectivity index is 2.28. The van der Waals surface area contributed by atoms with Crippen LogP contribution in [0, 0.1) is 0 Å². The lowest BCUT2D eigenvalue weighted by atomic mass is 9.95. The lowest BCUT2D eigenvalue weighted by Crippen LogP contribution is -2.21. The van der Waals surface area contributed by atoms with Crippen molar-refractivity contribution < 1.29 is 0 Å². The summed E-state index contributed by atoms with van der Waals surface area (Å²) in [6, 6.07) is 8.63. The Kier molecular flexibility index (Phi) is 3.38. The Bertz CT molecular complexity index is 407. The molecule has 0 saturated heterocycles. The molecule has 0 unspecified atom stereocenters. The molecule has 1 aliphatic heterocycles. The zero-order valence-corrected chi connectivity index (χ0v) is 11.1. The van der Waals surface area contributed by atoms with Gasteiger partial charge < -0.3 is 0 Å². The second-order valence-corrected chi connectivity index (χ2v) is 5.88. The van der Waals surface area contributed by atoms with E-state index in [9.17, 15) is 0 Å². The molecule has 1 aliphatic rings.